The topological polar surface area (TPSA) is 77.2 Å². The van der Waals surface area contributed by atoms with Gasteiger partial charge in [0.05, 0.1) is 11.3 Å². The quantitative estimate of drug-likeness (QED) is 0.528. The molecule has 1 heterocycles. The summed E-state index contributed by atoms with van der Waals surface area (Å²) in [5.74, 6) is 5.99. The molecule has 0 radical (unpaired) electrons. The number of benzene rings is 2. The third-order valence-corrected chi connectivity index (χ3v) is 4.94. The van der Waals surface area contributed by atoms with Gasteiger partial charge in [0.15, 0.2) is 0 Å². The lowest BCUT2D eigenvalue weighted by Crippen LogP contribution is -2.26. The van der Waals surface area contributed by atoms with Gasteiger partial charge in [-0.15, -0.1) is 0 Å². The third kappa shape index (κ3) is 4.07. The van der Waals surface area contributed by atoms with Crippen LogP contribution in [0.3, 0.4) is 0 Å². The van der Waals surface area contributed by atoms with Crippen LogP contribution >= 0.6 is 0 Å². The highest BCUT2D eigenvalue weighted by molar-refractivity contribution is 5.79. The van der Waals surface area contributed by atoms with Gasteiger partial charge in [-0.1, -0.05) is 60.4 Å². The molecule has 3 aromatic rings. The lowest BCUT2D eigenvalue weighted by atomic mass is 9.98. The van der Waals surface area contributed by atoms with Gasteiger partial charge < -0.3 is 15.8 Å². The number of nitrogens with zero attached hydrogens (tertiary/aromatic N) is 1. The molecule has 0 bridgehead atoms. The number of carbonyl (C=O) groups excluding carboxylic acids is 1. The van der Waals surface area contributed by atoms with E-state index in [1.54, 1.807) is 18.5 Å². The van der Waals surface area contributed by atoms with Gasteiger partial charge in [0.25, 0.3) is 0 Å². The molecular formula is C24H21N3O2. The van der Waals surface area contributed by atoms with Gasteiger partial charge in [0.1, 0.15) is 6.61 Å². The molecule has 1 aliphatic carbocycles. The molecule has 3 N–H and O–H groups in total. The summed E-state index contributed by atoms with van der Waals surface area (Å²) in [5.41, 5.74) is 11.9. The second-order valence-corrected chi connectivity index (χ2v) is 6.77. The number of nitrogens with one attached hydrogen (secondary N) is 1. The zero-order chi connectivity index (χ0) is 20.1. The number of nitrogen functional groups attached to an aromatic ring is 1. The number of hydrogen-bond acceptors (Lipinski definition) is 4. The van der Waals surface area contributed by atoms with Crippen molar-refractivity contribution in [1.29, 1.82) is 0 Å². The lowest BCUT2D eigenvalue weighted by molar-refractivity contribution is 0.143. The molecule has 0 unspecified atom stereocenters. The standard InChI is InChI=1S/C24H21N3O2/c25-23-12-14-26-15-17(23)7-5-6-13-27-24(28)29-16-22-20-10-3-1-8-18(20)19-9-2-4-11-21(19)22/h1-4,8-12,14-15,22H,6,13,16H2,(H2,25,26)(H,27,28). The van der Waals surface area contributed by atoms with E-state index >= 15 is 0 Å². The average molecular weight is 383 g/mol. The van der Waals surface area contributed by atoms with Gasteiger partial charge in [0, 0.05) is 31.3 Å². The second-order valence-electron chi connectivity index (χ2n) is 6.77. The Morgan fingerprint density at radius 1 is 1.07 bits per heavy atom. The van der Waals surface area contributed by atoms with E-state index < -0.39 is 6.09 Å². The number of nitrogens with two attached hydrogens (primary N) is 1. The van der Waals surface area contributed by atoms with E-state index in [1.165, 1.54) is 22.3 Å². The Morgan fingerprint density at radius 3 is 2.45 bits per heavy atom. The molecule has 5 nitrogen and oxygen atoms in total. The van der Waals surface area contributed by atoms with Crippen molar-refractivity contribution in [3.05, 3.63) is 83.7 Å². The molecular weight excluding hydrogens is 362 g/mol. The Hall–Kier alpha value is -3.78. The van der Waals surface area contributed by atoms with Crippen LogP contribution in [0.25, 0.3) is 11.1 Å². The molecule has 5 heteroatoms. The van der Waals surface area contributed by atoms with Gasteiger partial charge in [-0.25, -0.2) is 4.79 Å². The van der Waals surface area contributed by atoms with Crippen molar-refractivity contribution in [3.63, 3.8) is 0 Å². The van der Waals surface area contributed by atoms with Crippen LogP contribution in [-0.4, -0.2) is 24.2 Å². The smallest absolute Gasteiger partial charge is 0.407 e. The van der Waals surface area contributed by atoms with Crippen LogP contribution in [0.2, 0.25) is 0 Å². The molecule has 0 saturated heterocycles. The number of aromatic nitrogens is 1. The summed E-state index contributed by atoms with van der Waals surface area (Å²) in [6.45, 7) is 0.710. The maximum atomic E-state index is 12.1. The lowest BCUT2D eigenvalue weighted by Gasteiger charge is -2.14. The predicted octanol–water partition coefficient (Wildman–Crippen LogP) is 3.94. The number of rotatable bonds is 4. The van der Waals surface area contributed by atoms with E-state index in [1.807, 2.05) is 24.3 Å². The van der Waals surface area contributed by atoms with E-state index in [4.69, 9.17) is 10.5 Å². The van der Waals surface area contributed by atoms with Gasteiger partial charge in [0.2, 0.25) is 0 Å². The van der Waals surface area contributed by atoms with Crippen molar-refractivity contribution in [2.75, 3.05) is 18.9 Å². The van der Waals surface area contributed by atoms with E-state index in [9.17, 15) is 4.79 Å². The number of carbonyl (C=O) groups is 1. The maximum Gasteiger partial charge on any atom is 0.407 e. The zero-order valence-electron chi connectivity index (χ0n) is 15.9. The fraction of sp³-hybridized carbons (Fsp3) is 0.167. The number of amides is 1. The third-order valence-electron chi connectivity index (χ3n) is 4.94. The van der Waals surface area contributed by atoms with Crippen LogP contribution in [0, 0.1) is 11.8 Å². The molecule has 0 aliphatic heterocycles. The molecule has 0 spiro atoms. The van der Waals surface area contributed by atoms with E-state index in [2.05, 4.69) is 46.4 Å². The van der Waals surface area contributed by atoms with Crippen molar-refractivity contribution in [1.82, 2.24) is 10.3 Å². The number of fused-ring (bicyclic) bond motifs is 3. The normalized spacial score (nSPS) is 11.7. The molecule has 0 atom stereocenters. The van der Waals surface area contributed by atoms with Crippen LogP contribution in [0.1, 0.15) is 29.0 Å². The number of pyridine rings is 1. The zero-order valence-corrected chi connectivity index (χ0v) is 15.9. The van der Waals surface area contributed by atoms with Gasteiger partial charge in [-0.3, -0.25) is 4.98 Å². The number of alkyl carbamates (subject to hydrolysis) is 1. The highest BCUT2D eigenvalue weighted by Crippen LogP contribution is 2.44. The predicted molar refractivity (Wildman–Crippen MR) is 113 cm³/mol. The molecule has 29 heavy (non-hydrogen) atoms. The molecule has 1 amide bonds. The Bertz CT molecular complexity index is 1050. The summed E-state index contributed by atoms with van der Waals surface area (Å²) in [4.78, 5) is 16.1. The molecule has 0 saturated carbocycles. The summed E-state index contributed by atoms with van der Waals surface area (Å²) in [6, 6.07) is 18.2. The Balaban J connectivity index is 1.30. The second kappa shape index (κ2) is 8.49. The van der Waals surface area contributed by atoms with Crippen LogP contribution in [0.4, 0.5) is 10.5 Å². The van der Waals surface area contributed by atoms with Crippen molar-refractivity contribution in [2.24, 2.45) is 0 Å². The minimum absolute atomic E-state index is 0.0569. The summed E-state index contributed by atoms with van der Waals surface area (Å²) in [5, 5.41) is 2.74. The highest BCUT2D eigenvalue weighted by Gasteiger charge is 2.28. The van der Waals surface area contributed by atoms with Crippen molar-refractivity contribution in [2.45, 2.75) is 12.3 Å². The number of ether oxygens (including phenoxy) is 1. The Labute approximate surface area is 169 Å². The van der Waals surface area contributed by atoms with Crippen molar-refractivity contribution < 1.29 is 9.53 Å². The fourth-order valence-corrected chi connectivity index (χ4v) is 3.54. The van der Waals surface area contributed by atoms with Crippen LogP contribution in [0.15, 0.2) is 67.0 Å². The van der Waals surface area contributed by atoms with Crippen LogP contribution in [0.5, 0.6) is 0 Å². The summed E-state index contributed by atoms with van der Waals surface area (Å²) >= 11 is 0. The first-order valence-corrected chi connectivity index (χ1v) is 9.51. The molecule has 1 aliphatic rings. The fourth-order valence-electron chi connectivity index (χ4n) is 3.54. The van der Waals surface area contributed by atoms with E-state index in [0.717, 1.165) is 0 Å². The first kappa shape index (κ1) is 18.6. The Kier molecular flexibility index (Phi) is 5.44. The SMILES string of the molecule is Nc1ccncc1C#CCCNC(=O)OCC1c2ccccc2-c2ccccc21. The van der Waals surface area contributed by atoms with Crippen molar-refractivity contribution in [3.8, 4) is 23.0 Å². The first-order chi connectivity index (χ1) is 14.2. The summed E-state index contributed by atoms with van der Waals surface area (Å²) in [7, 11) is 0. The van der Waals surface area contributed by atoms with Gasteiger partial charge >= 0.3 is 6.09 Å². The van der Waals surface area contributed by atoms with Gasteiger partial charge in [-0.05, 0) is 28.3 Å². The largest absolute Gasteiger partial charge is 0.449 e. The Morgan fingerprint density at radius 2 is 1.76 bits per heavy atom. The van der Waals surface area contributed by atoms with E-state index in [0.29, 0.717) is 30.8 Å². The minimum Gasteiger partial charge on any atom is -0.449 e. The van der Waals surface area contributed by atoms with Crippen molar-refractivity contribution >= 4 is 11.8 Å². The molecule has 4 rings (SSSR count). The highest BCUT2D eigenvalue weighted by atomic mass is 16.5. The van der Waals surface area contributed by atoms with Gasteiger partial charge in [-0.2, -0.15) is 0 Å². The molecule has 1 aromatic heterocycles. The molecule has 144 valence electrons. The summed E-state index contributed by atoms with van der Waals surface area (Å²) < 4.78 is 5.50. The first-order valence-electron chi connectivity index (χ1n) is 9.51. The average Bonchev–Trinajstić information content (AvgIpc) is 3.07. The number of hydrogen-bond donors (Lipinski definition) is 2. The monoisotopic (exact) mass is 383 g/mol. The van der Waals surface area contributed by atoms with E-state index in [-0.39, 0.29) is 5.92 Å². The summed E-state index contributed by atoms with van der Waals surface area (Å²) in [6.07, 6.45) is 3.31. The maximum absolute atomic E-state index is 12.1. The number of anilines is 1. The van der Waals surface area contributed by atoms with Crippen LogP contribution in [-0.2, 0) is 4.74 Å². The van der Waals surface area contributed by atoms with Crippen LogP contribution < -0.4 is 11.1 Å². The molecule has 0 fully saturated rings. The minimum atomic E-state index is -0.436. The molecule has 2 aromatic carbocycles.